The zero-order valence-electron chi connectivity index (χ0n) is 9.91. The molecular formula is C13H21NO2. The summed E-state index contributed by atoms with van der Waals surface area (Å²) < 4.78 is 5.16. The molecule has 1 aromatic carbocycles. The maximum atomic E-state index is 8.52. The van der Waals surface area contributed by atoms with Crippen molar-refractivity contribution in [3.05, 3.63) is 35.4 Å². The molecule has 0 aliphatic rings. The highest BCUT2D eigenvalue weighted by Gasteiger charge is 1.98. The first-order chi connectivity index (χ1) is 7.88. The van der Waals surface area contributed by atoms with Gasteiger partial charge in [0, 0.05) is 13.1 Å². The molecule has 2 N–H and O–H groups in total. The van der Waals surface area contributed by atoms with Crippen LogP contribution in [0.1, 0.15) is 18.1 Å². The summed E-state index contributed by atoms with van der Waals surface area (Å²) in [6.07, 6.45) is 1.07. The molecule has 1 rings (SSSR count). The quantitative estimate of drug-likeness (QED) is 0.654. The van der Waals surface area contributed by atoms with Crippen molar-refractivity contribution in [2.45, 2.75) is 19.9 Å². The summed E-state index contributed by atoms with van der Waals surface area (Å²) in [7, 11) is 0. The van der Waals surface area contributed by atoms with E-state index in [1.807, 2.05) is 0 Å². The van der Waals surface area contributed by atoms with Gasteiger partial charge in [0.1, 0.15) is 0 Å². The third-order valence-electron chi connectivity index (χ3n) is 2.47. The fraction of sp³-hybridized carbons (Fsp3) is 0.538. The Morgan fingerprint density at radius 2 is 1.94 bits per heavy atom. The molecule has 0 atom stereocenters. The van der Waals surface area contributed by atoms with Gasteiger partial charge in [0.25, 0.3) is 0 Å². The standard InChI is InChI=1S/C13H21NO2/c1-2-12-5-3-4-6-13(12)11-14-7-9-16-10-8-15/h3-6,14-15H,2,7-11H2,1H3. The highest BCUT2D eigenvalue weighted by atomic mass is 16.5. The monoisotopic (exact) mass is 223 g/mol. The first-order valence-corrected chi connectivity index (χ1v) is 5.84. The van der Waals surface area contributed by atoms with E-state index in [2.05, 4.69) is 36.5 Å². The van der Waals surface area contributed by atoms with E-state index < -0.39 is 0 Å². The van der Waals surface area contributed by atoms with Crippen molar-refractivity contribution >= 4 is 0 Å². The first kappa shape index (κ1) is 13.2. The Morgan fingerprint density at radius 1 is 1.19 bits per heavy atom. The van der Waals surface area contributed by atoms with Gasteiger partial charge in [0.2, 0.25) is 0 Å². The Bertz CT molecular complexity index is 289. The highest BCUT2D eigenvalue weighted by Crippen LogP contribution is 2.08. The molecule has 0 unspecified atom stereocenters. The molecule has 16 heavy (non-hydrogen) atoms. The minimum absolute atomic E-state index is 0.0959. The van der Waals surface area contributed by atoms with Crippen LogP contribution in [-0.2, 0) is 17.7 Å². The first-order valence-electron chi connectivity index (χ1n) is 5.84. The van der Waals surface area contributed by atoms with Crippen LogP contribution < -0.4 is 5.32 Å². The van der Waals surface area contributed by atoms with Gasteiger partial charge in [-0.1, -0.05) is 31.2 Å². The fourth-order valence-corrected chi connectivity index (χ4v) is 1.61. The summed E-state index contributed by atoms with van der Waals surface area (Å²) >= 11 is 0. The van der Waals surface area contributed by atoms with Crippen molar-refractivity contribution < 1.29 is 9.84 Å². The number of aryl methyl sites for hydroxylation is 1. The topological polar surface area (TPSA) is 41.5 Å². The van der Waals surface area contributed by atoms with Crippen LogP contribution >= 0.6 is 0 Å². The van der Waals surface area contributed by atoms with E-state index in [9.17, 15) is 0 Å². The molecule has 0 aliphatic carbocycles. The Balaban J connectivity index is 2.21. The number of aliphatic hydroxyl groups excluding tert-OH is 1. The van der Waals surface area contributed by atoms with Gasteiger partial charge in [-0.2, -0.15) is 0 Å². The van der Waals surface area contributed by atoms with Gasteiger partial charge in [0.15, 0.2) is 0 Å². The Morgan fingerprint density at radius 3 is 2.62 bits per heavy atom. The summed E-state index contributed by atoms with van der Waals surface area (Å²) in [5.74, 6) is 0. The van der Waals surface area contributed by atoms with E-state index in [0.717, 1.165) is 19.5 Å². The van der Waals surface area contributed by atoms with E-state index in [0.29, 0.717) is 13.2 Å². The van der Waals surface area contributed by atoms with Gasteiger partial charge in [-0.15, -0.1) is 0 Å². The van der Waals surface area contributed by atoms with Crippen molar-refractivity contribution in [1.29, 1.82) is 0 Å². The summed E-state index contributed by atoms with van der Waals surface area (Å²) in [6, 6.07) is 8.46. The van der Waals surface area contributed by atoms with Crippen molar-refractivity contribution in [3.63, 3.8) is 0 Å². The number of hydrogen-bond donors (Lipinski definition) is 2. The molecule has 0 spiro atoms. The SMILES string of the molecule is CCc1ccccc1CNCCOCCO. The van der Waals surface area contributed by atoms with Gasteiger partial charge in [-0.3, -0.25) is 0 Å². The number of ether oxygens (including phenoxy) is 1. The normalized spacial score (nSPS) is 10.6. The molecule has 0 radical (unpaired) electrons. The summed E-state index contributed by atoms with van der Waals surface area (Å²) in [4.78, 5) is 0. The van der Waals surface area contributed by atoms with Gasteiger partial charge < -0.3 is 15.2 Å². The predicted molar refractivity (Wildman–Crippen MR) is 65.4 cm³/mol. The van der Waals surface area contributed by atoms with Crippen molar-refractivity contribution in [2.75, 3.05) is 26.4 Å². The van der Waals surface area contributed by atoms with Crippen molar-refractivity contribution in [2.24, 2.45) is 0 Å². The zero-order chi connectivity index (χ0) is 11.6. The average Bonchev–Trinajstić information content (AvgIpc) is 2.34. The van der Waals surface area contributed by atoms with Crippen molar-refractivity contribution in [3.8, 4) is 0 Å². The van der Waals surface area contributed by atoms with E-state index in [4.69, 9.17) is 9.84 Å². The lowest BCUT2D eigenvalue weighted by atomic mass is 10.1. The third-order valence-corrected chi connectivity index (χ3v) is 2.47. The lowest BCUT2D eigenvalue weighted by molar-refractivity contribution is 0.0938. The maximum absolute atomic E-state index is 8.52. The molecule has 0 fully saturated rings. The second-order valence-electron chi connectivity index (χ2n) is 3.64. The Hall–Kier alpha value is -0.900. The second kappa shape index (κ2) is 8.28. The van der Waals surface area contributed by atoms with E-state index in [1.54, 1.807) is 0 Å². The molecule has 0 amide bonds. The molecule has 0 aliphatic heterocycles. The third kappa shape index (κ3) is 4.75. The van der Waals surface area contributed by atoms with Gasteiger partial charge in [-0.25, -0.2) is 0 Å². The molecular weight excluding hydrogens is 202 g/mol. The second-order valence-corrected chi connectivity index (χ2v) is 3.64. The van der Waals surface area contributed by atoms with Crippen LogP contribution in [0, 0.1) is 0 Å². The Labute approximate surface area is 97.4 Å². The molecule has 0 aromatic heterocycles. The smallest absolute Gasteiger partial charge is 0.0698 e. The van der Waals surface area contributed by atoms with Crippen LogP contribution in [0.4, 0.5) is 0 Å². The van der Waals surface area contributed by atoms with E-state index >= 15 is 0 Å². The summed E-state index contributed by atoms with van der Waals surface area (Å²) in [5, 5.41) is 11.9. The van der Waals surface area contributed by atoms with Gasteiger partial charge in [0.05, 0.1) is 19.8 Å². The van der Waals surface area contributed by atoms with Crippen LogP contribution in [0.3, 0.4) is 0 Å². The predicted octanol–water partition coefficient (Wildman–Crippen LogP) is 1.35. The molecule has 3 nitrogen and oxygen atoms in total. The minimum atomic E-state index is 0.0959. The van der Waals surface area contributed by atoms with Crippen LogP contribution in [0.15, 0.2) is 24.3 Å². The highest BCUT2D eigenvalue weighted by molar-refractivity contribution is 5.26. The summed E-state index contributed by atoms with van der Waals surface area (Å²) in [6.45, 7) is 5.04. The van der Waals surface area contributed by atoms with Crippen LogP contribution in [0.5, 0.6) is 0 Å². The lowest BCUT2D eigenvalue weighted by Gasteiger charge is -2.09. The van der Waals surface area contributed by atoms with E-state index in [-0.39, 0.29) is 6.61 Å². The number of hydrogen-bond acceptors (Lipinski definition) is 3. The number of aliphatic hydroxyl groups is 1. The average molecular weight is 223 g/mol. The Kier molecular flexibility index (Phi) is 6.81. The van der Waals surface area contributed by atoms with Crippen LogP contribution in [-0.4, -0.2) is 31.5 Å². The zero-order valence-corrected chi connectivity index (χ0v) is 9.91. The molecule has 90 valence electrons. The number of benzene rings is 1. The van der Waals surface area contributed by atoms with Crippen LogP contribution in [0.25, 0.3) is 0 Å². The fourth-order valence-electron chi connectivity index (χ4n) is 1.61. The molecule has 0 heterocycles. The van der Waals surface area contributed by atoms with Crippen LogP contribution in [0.2, 0.25) is 0 Å². The number of nitrogens with one attached hydrogen (secondary N) is 1. The van der Waals surface area contributed by atoms with Gasteiger partial charge in [-0.05, 0) is 17.5 Å². The van der Waals surface area contributed by atoms with E-state index in [1.165, 1.54) is 11.1 Å². The molecule has 3 heteroatoms. The maximum Gasteiger partial charge on any atom is 0.0698 e. The largest absolute Gasteiger partial charge is 0.394 e. The lowest BCUT2D eigenvalue weighted by Crippen LogP contribution is -2.20. The molecule has 0 saturated heterocycles. The van der Waals surface area contributed by atoms with Crippen molar-refractivity contribution in [1.82, 2.24) is 5.32 Å². The summed E-state index contributed by atoms with van der Waals surface area (Å²) in [5.41, 5.74) is 2.75. The minimum Gasteiger partial charge on any atom is -0.394 e. The molecule has 0 saturated carbocycles. The molecule has 0 bridgehead atoms. The van der Waals surface area contributed by atoms with Gasteiger partial charge >= 0.3 is 0 Å². The number of rotatable bonds is 8. The molecule has 1 aromatic rings.